The second-order valence-electron chi connectivity index (χ2n) is 6.74. The van der Waals surface area contributed by atoms with Crippen LogP contribution in [0.1, 0.15) is 16.1 Å². The van der Waals surface area contributed by atoms with Gasteiger partial charge in [-0.3, -0.25) is 14.5 Å². The van der Waals surface area contributed by atoms with Crippen LogP contribution >= 0.6 is 11.3 Å². The van der Waals surface area contributed by atoms with E-state index in [1.54, 1.807) is 28.4 Å². The number of aryl methyl sites for hydroxylation is 1. The van der Waals surface area contributed by atoms with Crippen LogP contribution in [0.15, 0.2) is 66.4 Å². The lowest BCUT2D eigenvalue weighted by Gasteiger charge is -2.05. The molecule has 1 aromatic carbocycles. The molecule has 0 radical (unpaired) electrons. The summed E-state index contributed by atoms with van der Waals surface area (Å²) in [5.74, 6) is 0.0587. The quantitative estimate of drug-likeness (QED) is 0.423. The molecule has 0 atom stereocenters. The van der Waals surface area contributed by atoms with Crippen molar-refractivity contribution < 1.29 is 4.79 Å². The fourth-order valence-corrected chi connectivity index (χ4v) is 4.05. The predicted octanol–water partition coefficient (Wildman–Crippen LogP) is 4.67. The SMILES string of the molecule is Cn1cc(-c2ccc3cnc(CC(=O)c4ccc5sccc5c4)cc3n2)cn1. The molecule has 0 N–H and O–H groups in total. The third-order valence-corrected chi connectivity index (χ3v) is 5.64. The molecule has 4 heterocycles. The molecule has 0 spiro atoms. The monoisotopic (exact) mass is 384 g/mol. The van der Waals surface area contributed by atoms with Crippen LogP contribution in [0.2, 0.25) is 0 Å². The second kappa shape index (κ2) is 6.65. The average Bonchev–Trinajstić information content (AvgIpc) is 3.35. The Hall–Kier alpha value is -3.38. The molecule has 0 aliphatic heterocycles. The maximum Gasteiger partial charge on any atom is 0.168 e. The summed E-state index contributed by atoms with van der Waals surface area (Å²) < 4.78 is 2.94. The fraction of sp³-hybridized carbons (Fsp3) is 0.0909. The average molecular weight is 384 g/mol. The molecule has 0 aliphatic carbocycles. The van der Waals surface area contributed by atoms with Gasteiger partial charge in [-0.25, -0.2) is 4.98 Å². The summed E-state index contributed by atoms with van der Waals surface area (Å²) in [6.45, 7) is 0. The Balaban J connectivity index is 1.45. The summed E-state index contributed by atoms with van der Waals surface area (Å²) in [4.78, 5) is 21.9. The molecule has 6 heteroatoms. The molecule has 4 aromatic heterocycles. The van der Waals surface area contributed by atoms with Crippen molar-refractivity contribution >= 4 is 38.1 Å². The minimum absolute atomic E-state index is 0.0587. The molecule has 0 fully saturated rings. The molecular weight excluding hydrogens is 368 g/mol. The van der Waals surface area contributed by atoms with Gasteiger partial charge in [-0.1, -0.05) is 0 Å². The normalized spacial score (nSPS) is 11.3. The van der Waals surface area contributed by atoms with E-state index in [1.165, 1.54) is 4.70 Å². The lowest BCUT2D eigenvalue weighted by Crippen LogP contribution is -2.05. The molecule has 0 amide bonds. The summed E-state index contributed by atoms with van der Waals surface area (Å²) in [5.41, 5.74) is 4.07. The fourth-order valence-electron chi connectivity index (χ4n) is 3.28. The van der Waals surface area contributed by atoms with Crippen molar-refractivity contribution in [2.24, 2.45) is 7.05 Å². The van der Waals surface area contributed by atoms with Gasteiger partial charge in [0.1, 0.15) is 0 Å². The Morgan fingerprint density at radius 1 is 1.07 bits per heavy atom. The third-order valence-electron chi connectivity index (χ3n) is 4.75. The number of carbonyl (C=O) groups excluding carboxylic acids is 1. The largest absolute Gasteiger partial charge is 0.294 e. The van der Waals surface area contributed by atoms with E-state index < -0.39 is 0 Å². The van der Waals surface area contributed by atoms with Crippen molar-refractivity contribution in [3.05, 3.63) is 77.7 Å². The van der Waals surface area contributed by atoms with E-state index in [-0.39, 0.29) is 12.2 Å². The van der Waals surface area contributed by atoms with Crippen LogP contribution in [0.3, 0.4) is 0 Å². The number of rotatable bonds is 4. The van der Waals surface area contributed by atoms with Crippen LogP contribution in [0, 0.1) is 0 Å². The number of nitrogens with zero attached hydrogens (tertiary/aromatic N) is 4. The second-order valence-corrected chi connectivity index (χ2v) is 7.69. The predicted molar refractivity (Wildman–Crippen MR) is 112 cm³/mol. The summed E-state index contributed by atoms with van der Waals surface area (Å²) >= 11 is 1.68. The van der Waals surface area contributed by atoms with Gasteiger partial charge in [-0.15, -0.1) is 11.3 Å². The molecule has 28 heavy (non-hydrogen) atoms. The number of thiophene rings is 1. The van der Waals surface area contributed by atoms with Crippen LogP contribution in [0.4, 0.5) is 0 Å². The van der Waals surface area contributed by atoms with Crippen molar-refractivity contribution in [2.45, 2.75) is 6.42 Å². The summed E-state index contributed by atoms with van der Waals surface area (Å²) in [6, 6.07) is 13.7. The maximum atomic E-state index is 12.7. The smallest absolute Gasteiger partial charge is 0.168 e. The first kappa shape index (κ1) is 16.8. The van der Waals surface area contributed by atoms with E-state index in [4.69, 9.17) is 4.98 Å². The Morgan fingerprint density at radius 3 is 2.86 bits per heavy atom. The molecular formula is C22H16N4OS. The minimum atomic E-state index is 0.0587. The standard InChI is InChI=1S/C22H16N4OS/c1-26-13-17(12-24-26)19-4-2-16-11-23-18(9-20(16)25-19)10-21(27)14-3-5-22-15(8-14)6-7-28-22/h2-9,11-13H,10H2,1H3. The number of pyridine rings is 2. The van der Waals surface area contributed by atoms with E-state index in [0.29, 0.717) is 5.56 Å². The van der Waals surface area contributed by atoms with Crippen LogP contribution in [-0.2, 0) is 13.5 Å². The van der Waals surface area contributed by atoms with Gasteiger partial charge < -0.3 is 0 Å². The van der Waals surface area contributed by atoms with Crippen molar-refractivity contribution in [1.29, 1.82) is 0 Å². The maximum absolute atomic E-state index is 12.7. The van der Waals surface area contributed by atoms with Gasteiger partial charge in [-0.2, -0.15) is 5.10 Å². The van der Waals surface area contributed by atoms with Gasteiger partial charge in [0.15, 0.2) is 5.78 Å². The van der Waals surface area contributed by atoms with Crippen molar-refractivity contribution in [1.82, 2.24) is 19.7 Å². The van der Waals surface area contributed by atoms with Gasteiger partial charge in [0.05, 0.1) is 29.5 Å². The van der Waals surface area contributed by atoms with E-state index >= 15 is 0 Å². The molecule has 0 saturated carbocycles. The first-order chi connectivity index (χ1) is 13.7. The summed E-state index contributed by atoms with van der Waals surface area (Å²) in [5, 5.41) is 8.29. The zero-order chi connectivity index (χ0) is 19.1. The van der Waals surface area contributed by atoms with Gasteiger partial charge in [-0.05, 0) is 53.2 Å². The zero-order valence-corrected chi connectivity index (χ0v) is 16.0. The van der Waals surface area contributed by atoms with Crippen LogP contribution in [-0.4, -0.2) is 25.5 Å². The molecule has 136 valence electrons. The Bertz CT molecular complexity index is 1330. The molecule has 5 aromatic rings. The first-order valence-corrected chi connectivity index (χ1v) is 9.79. The number of Topliss-reactive ketones (excluding diaryl/α,β-unsaturated/α-hetero) is 1. The Labute approximate surface area is 165 Å². The van der Waals surface area contributed by atoms with E-state index in [2.05, 4.69) is 10.1 Å². The van der Waals surface area contributed by atoms with Gasteiger partial charge >= 0.3 is 0 Å². The van der Waals surface area contributed by atoms with Crippen molar-refractivity contribution in [2.75, 3.05) is 0 Å². The zero-order valence-electron chi connectivity index (χ0n) is 15.2. The summed E-state index contributed by atoms with van der Waals surface area (Å²) in [6.07, 6.45) is 5.76. The van der Waals surface area contributed by atoms with Gasteiger partial charge in [0, 0.05) is 40.7 Å². The van der Waals surface area contributed by atoms with Crippen LogP contribution in [0.5, 0.6) is 0 Å². The first-order valence-electron chi connectivity index (χ1n) is 8.91. The van der Waals surface area contributed by atoms with Gasteiger partial charge in [0.2, 0.25) is 0 Å². The molecule has 0 bridgehead atoms. The topological polar surface area (TPSA) is 60.7 Å². The van der Waals surface area contributed by atoms with Crippen molar-refractivity contribution in [3.8, 4) is 11.3 Å². The van der Waals surface area contributed by atoms with E-state index in [9.17, 15) is 4.79 Å². The van der Waals surface area contributed by atoms with Gasteiger partial charge in [0.25, 0.3) is 0 Å². The molecule has 0 unspecified atom stereocenters. The molecule has 5 nitrogen and oxygen atoms in total. The lowest BCUT2D eigenvalue weighted by molar-refractivity contribution is 0.0992. The highest BCUT2D eigenvalue weighted by molar-refractivity contribution is 7.17. The number of hydrogen-bond donors (Lipinski definition) is 0. The highest BCUT2D eigenvalue weighted by Crippen LogP contribution is 2.23. The number of carbonyl (C=O) groups is 1. The summed E-state index contributed by atoms with van der Waals surface area (Å²) in [7, 11) is 1.88. The Morgan fingerprint density at radius 2 is 2.00 bits per heavy atom. The number of hydrogen-bond acceptors (Lipinski definition) is 5. The third kappa shape index (κ3) is 3.08. The van der Waals surface area contributed by atoms with E-state index in [1.807, 2.05) is 61.1 Å². The lowest BCUT2D eigenvalue weighted by atomic mass is 10.0. The van der Waals surface area contributed by atoms with Crippen molar-refractivity contribution in [3.63, 3.8) is 0 Å². The number of benzene rings is 1. The highest BCUT2D eigenvalue weighted by atomic mass is 32.1. The minimum Gasteiger partial charge on any atom is -0.294 e. The highest BCUT2D eigenvalue weighted by Gasteiger charge is 2.11. The van der Waals surface area contributed by atoms with Crippen LogP contribution in [0.25, 0.3) is 32.2 Å². The molecule has 0 aliphatic rings. The number of fused-ring (bicyclic) bond motifs is 2. The van der Waals surface area contributed by atoms with E-state index in [0.717, 1.165) is 33.2 Å². The Kier molecular flexibility index (Phi) is 3.98. The molecule has 0 saturated heterocycles. The number of aromatic nitrogens is 4. The molecule has 5 rings (SSSR count). The number of ketones is 1. The van der Waals surface area contributed by atoms with Crippen LogP contribution < -0.4 is 0 Å².